The van der Waals surface area contributed by atoms with Gasteiger partial charge in [-0.3, -0.25) is 9.59 Å². The summed E-state index contributed by atoms with van der Waals surface area (Å²) in [6, 6.07) is 6.55. The molecule has 2 N–H and O–H groups in total. The number of hydrogen-bond donors (Lipinski definition) is 2. The molecule has 2 amide bonds. The maximum atomic E-state index is 12.8. The molecule has 6 nitrogen and oxygen atoms in total. The van der Waals surface area contributed by atoms with Gasteiger partial charge in [0, 0.05) is 36.8 Å². The van der Waals surface area contributed by atoms with Gasteiger partial charge in [0.05, 0.1) is 6.04 Å². The van der Waals surface area contributed by atoms with E-state index in [0.717, 1.165) is 25.5 Å². The third-order valence-electron chi connectivity index (χ3n) is 4.63. The number of hydrogen-bond acceptors (Lipinski definition) is 4. The van der Waals surface area contributed by atoms with Gasteiger partial charge in [-0.05, 0) is 50.3 Å². The van der Waals surface area contributed by atoms with Crippen molar-refractivity contribution in [3.05, 3.63) is 35.4 Å². The average Bonchev–Trinajstić information content (AvgIpc) is 2.70. The molecular weight excluding hydrogens is 366 g/mol. The Labute approximate surface area is 175 Å². The first kappa shape index (κ1) is 24.8. The highest BCUT2D eigenvalue weighted by Crippen LogP contribution is 2.11. The zero-order chi connectivity index (χ0) is 21.8. The van der Waals surface area contributed by atoms with Gasteiger partial charge in [-0.15, -0.1) is 0 Å². The first-order valence-electron chi connectivity index (χ1n) is 10.7. The molecule has 162 valence electrons. The SMILES string of the molecule is CCCN(CCC)C(=O)c1cccc(C(=O)N[C@H](CN[C@@H](C)C=O)CC(C)C)c1. The molecule has 0 saturated carbocycles. The highest BCUT2D eigenvalue weighted by atomic mass is 16.2. The van der Waals surface area contributed by atoms with Crippen LogP contribution in [-0.4, -0.2) is 54.7 Å². The minimum Gasteiger partial charge on any atom is -0.348 e. The van der Waals surface area contributed by atoms with E-state index in [1.54, 1.807) is 31.2 Å². The predicted octanol–water partition coefficient (Wildman–Crippen LogP) is 3.27. The van der Waals surface area contributed by atoms with Gasteiger partial charge >= 0.3 is 0 Å². The summed E-state index contributed by atoms with van der Waals surface area (Å²) in [5.74, 6) is 0.158. The molecule has 0 unspecified atom stereocenters. The number of amides is 2. The maximum absolute atomic E-state index is 12.8. The van der Waals surface area contributed by atoms with Crippen molar-refractivity contribution in [2.75, 3.05) is 19.6 Å². The second-order valence-corrected chi connectivity index (χ2v) is 8.01. The quantitative estimate of drug-likeness (QED) is 0.496. The number of carbonyl (C=O) groups is 3. The average molecular weight is 404 g/mol. The summed E-state index contributed by atoms with van der Waals surface area (Å²) >= 11 is 0. The van der Waals surface area contributed by atoms with Gasteiger partial charge in [-0.2, -0.15) is 0 Å². The Bertz CT molecular complexity index is 655. The molecule has 2 atom stereocenters. The molecule has 0 radical (unpaired) electrons. The number of rotatable bonds is 13. The van der Waals surface area contributed by atoms with Crippen LogP contribution in [0.1, 0.15) is 74.6 Å². The topological polar surface area (TPSA) is 78.5 Å². The molecule has 0 spiro atoms. The second kappa shape index (κ2) is 13.1. The molecule has 0 aliphatic carbocycles. The lowest BCUT2D eigenvalue weighted by molar-refractivity contribution is -0.109. The van der Waals surface area contributed by atoms with Crippen molar-refractivity contribution in [1.82, 2.24) is 15.5 Å². The summed E-state index contributed by atoms with van der Waals surface area (Å²) in [6.45, 7) is 12.0. The number of nitrogens with zero attached hydrogens (tertiary/aromatic N) is 1. The standard InChI is InChI=1S/C23H37N3O3/c1-6-11-26(12-7-2)23(29)20-10-8-9-19(14-20)22(28)25-21(13-17(3)4)15-24-18(5)16-27/h8-10,14,16-18,21,24H,6-7,11-13,15H2,1-5H3,(H,25,28)/t18-,21-/m0/s1. The van der Waals surface area contributed by atoms with Crippen molar-refractivity contribution in [3.8, 4) is 0 Å². The number of aldehydes is 1. The van der Waals surface area contributed by atoms with Gasteiger partial charge in [0.2, 0.25) is 0 Å². The Kier molecular flexibility index (Phi) is 11.2. The normalized spacial score (nSPS) is 13.0. The van der Waals surface area contributed by atoms with Gasteiger partial charge in [-0.1, -0.05) is 33.8 Å². The van der Waals surface area contributed by atoms with E-state index < -0.39 is 0 Å². The minimum absolute atomic E-state index is 0.0384. The Balaban J connectivity index is 2.90. The van der Waals surface area contributed by atoms with Crippen molar-refractivity contribution in [1.29, 1.82) is 0 Å². The number of benzene rings is 1. The summed E-state index contributed by atoms with van der Waals surface area (Å²) in [6.07, 6.45) is 3.44. The predicted molar refractivity (Wildman–Crippen MR) is 117 cm³/mol. The van der Waals surface area contributed by atoms with E-state index >= 15 is 0 Å². The van der Waals surface area contributed by atoms with Crippen LogP contribution < -0.4 is 10.6 Å². The minimum atomic E-state index is -0.259. The number of nitrogens with one attached hydrogen (secondary N) is 2. The number of carbonyl (C=O) groups excluding carboxylic acids is 3. The summed E-state index contributed by atoms with van der Waals surface area (Å²) < 4.78 is 0. The van der Waals surface area contributed by atoms with Crippen molar-refractivity contribution in [2.24, 2.45) is 5.92 Å². The first-order valence-corrected chi connectivity index (χ1v) is 10.7. The van der Waals surface area contributed by atoms with Crippen LogP contribution in [0.15, 0.2) is 24.3 Å². The van der Waals surface area contributed by atoms with Gasteiger partial charge < -0.3 is 20.3 Å². The summed E-state index contributed by atoms with van der Waals surface area (Å²) in [5, 5.41) is 6.17. The summed E-state index contributed by atoms with van der Waals surface area (Å²) in [5.41, 5.74) is 1.01. The van der Waals surface area contributed by atoms with Gasteiger partial charge in [0.25, 0.3) is 11.8 Å². The molecule has 0 saturated heterocycles. The van der Waals surface area contributed by atoms with Gasteiger partial charge in [0.15, 0.2) is 0 Å². The summed E-state index contributed by atoms with van der Waals surface area (Å²) in [4.78, 5) is 38.3. The zero-order valence-corrected chi connectivity index (χ0v) is 18.5. The largest absolute Gasteiger partial charge is 0.348 e. The molecule has 0 heterocycles. The van der Waals surface area contributed by atoms with Crippen molar-refractivity contribution >= 4 is 18.1 Å². The monoisotopic (exact) mass is 403 g/mol. The zero-order valence-electron chi connectivity index (χ0n) is 18.5. The Morgan fingerprint density at radius 1 is 1.07 bits per heavy atom. The molecule has 29 heavy (non-hydrogen) atoms. The fourth-order valence-electron chi connectivity index (χ4n) is 3.24. The van der Waals surface area contributed by atoms with E-state index in [0.29, 0.717) is 36.7 Å². The fourth-order valence-corrected chi connectivity index (χ4v) is 3.24. The molecule has 1 rings (SSSR count). The fraction of sp³-hybridized carbons (Fsp3) is 0.609. The second-order valence-electron chi connectivity index (χ2n) is 8.01. The summed E-state index contributed by atoms with van der Waals surface area (Å²) in [7, 11) is 0. The molecule has 0 aliphatic rings. The molecule has 1 aromatic rings. The molecule has 0 bridgehead atoms. The van der Waals surface area contributed by atoms with E-state index in [1.807, 2.05) is 18.7 Å². The maximum Gasteiger partial charge on any atom is 0.253 e. The van der Waals surface area contributed by atoms with Crippen LogP contribution in [0.5, 0.6) is 0 Å². The van der Waals surface area contributed by atoms with E-state index in [9.17, 15) is 14.4 Å². The lowest BCUT2D eigenvalue weighted by Gasteiger charge is -2.23. The van der Waals surface area contributed by atoms with Crippen LogP contribution >= 0.6 is 0 Å². The smallest absolute Gasteiger partial charge is 0.253 e. The first-order chi connectivity index (χ1) is 13.8. The van der Waals surface area contributed by atoms with E-state index in [4.69, 9.17) is 0 Å². The lowest BCUT2D eigenvalue weighted by atomic mass is 10.0. The molecule has 0 fully saturated rings. The van der Waals surface area contributed by atoms with E-state index in [2.05, 4.69) is 24.5 Å². The van der Waals surface area contributed by atoms with Crippen LogP contribution in [0.4, 0.5) is 0 Å². The van der Waals surface area contributed by atoms with Crippen LogP contribution in [-0.2, 0) is 4.79 Å². The lowest BCUT2D eigenvalue weighted by Crippen LogP contribution is -2.45. The Hall–Kier alpha value is -2.21. The van der Waals surface area contributed by atoms with Crippen LogP contribution in [0.2, 0.25) is 0 Å². The van der Waals surface area contributed by atoms with Gasteiger partial charge in [-0.25, -0.2) is 0 Å². The van der Waals surface area contributed by atoms with Crippen LogP contribution in [0.25, 0.3) is 0 Å². The molecule has 0 aromatic heterocycles. The molecule has 6 heteroatoms. The Morgan fingerprint density at radius 3 is 2.24 bits per heavy atom. The third-order valence-corrected chi connectivity index (χ3v) is 4.63. The third kappa shape index (κ3) is 8.77. The highest BCUT2D eigenvalue weighted by Gasteiger charge is 2.19. The molecular formula is C23H37N3O3. The van der Waals surface area contributed by atoms with Crippen LogP contribution in [0.3, 0.4) is 0 Å². The van der Waals surface area contributed by atoms with Crippen LogP contribution in [0, 0.1) is 5.92 Å². The van der Waals surface area contributed by atoms with Gasteiger partial charge in [0.1, 0.15) is 6.29 Å². The van der Waals surface area contributed by atoms with E-state index in [1.165, 1.54) is 0 Å². The molecule has 0 aliphatic heterocycles. The van der Waals surface area contributed by atoms with Crippen molar-refractivity contribution < 1.29 is 14.4 Å². The van der Waals surface area contributed by atoms with Crippen molar-refractivity contribution in [2.45, 2.75) is 66.0 Å². The highest BCUT2D eigenvalue weighted by molar-refractivity contribution is 5.99. The molecule has 1 aromatic carbocycles. The Morgan fingerprint density at radius 2 is 1.69 bits per heavy atom. The van der Waals surface area contributed by atoms with Crippen molar-refractivity contribution in [3.63, 3.8) is 0 Å². The van der Waals surface area contributed by atoms with E-state index in [-0.39, 0.29) is 23.9 Å².